The maximum Gasteiger partial charge on any atom is 0.262 e. The van der Waals surface area contributed by atoms with Gasteiger partial charge in [-0.3, -0.25) is 14.4 Å². The van der Waals surface area contributed by atoms with Crippen molar-refractivity contribution in [3.63, 3.8) is 0 Å². The van der Waals surface area contributed by atoms with Gasteiger partial charge >= 0.3 is 0 Å². The van der Waals surface area contributed by atoms with Crippen LogP contribution in [0.2, 0.25) is 0 Å². The summed E-state index contributed by atoms with van der Waals surface area (Å²) in [7, 11) is 1.61. The van der Waals surface area contributed by atoms with E-state index in [4.69, 9.17) is 0 Å². The molecule has 0 unspecified atom stereocenters. The largest absolute Gasteiger partial charge is 0.355 e. The number of aryl methyl sites for hydroxylation is 2. The quantitative estimate of drug-likeness (QED) is 0.842. The second-order valence-electron chi connectivity index (χ2n) is 4.53. The zero-order chi connectivity index (χ0) is 15.6. The molecule has 21 heavy (non-hydrogen) atoms. The normalized spacial score (nSPS) is 10.6. The second-order valence-corrected chi connectivity index (χ2v) is 5.53. The average Bonchev–Trinajstić information content (AvgIpc) is 2.78. The SMILES string of the molecule is CCNC(=O)CNC(=O)c1sc2ncn(C)c(=O)c2c1C. The Labute approximate surface area is 125 Å². The number of amides is 2. The highest BCUT2D eigenvalue weighted by Gasteiger charge is 2.19. The van der Waals surface area contributed by atoms with Gasteiger partial charge in [0.15, 0.2) is 0 Å². The summed E-state index contributed by atoms with van der Waals surface area (Å²) < 4.78 is 1.37. The molecule has 0 atom stereocenters. The van der Waals surface area contributed by atoms with Gasteiger partial charge in [0, 0.05) is 13.6 Å². The van der Waals surface area contributed by atoms with Gasteiger partial charge in [-0.15, -0.1) is 11.3 Å². The molecule has 0 aliphatic carbocycles. The highest BCUT2D eigenvalue weighted by atomic mass is 32.1. The standard InChI is InChI=1S/C13H16N4O3S/c1-4-14-8(18)5-15-11(19)10-7(2)9-12(21-10)16-6-17(3)13(9)20/h6H,4-5H2,1-3H3,(H,14,18)(H,15,19). The van der Waals surface area contributed by atoms with Crippen molar-refractivity contribution in [1.82, 2.24) is 20.2 Å². The third-order valence-electron chi connectivity index (χ3n) is 3.00. The number of carbonyl (C=O) groups excluding carboxylic acids is 2. The van der Waals surface area contributed by atoms with E-state index in [2.05, 4.69) is 15.6 Å². The lowest BCUT2D eigenvalue weighted by Crippen LogP contribution is -2.36. The van der Waals surface area contributed by atoms with Crippen LogP contribution in [0, 0.1) is 6.92 Å². The lowest BCUT2D eigenvalue weighted by atomic mass is 10.2. The number of likely N-dealkylation sites (N-methyl/N-ethyl adjacent to an activating group) is 1. The van der Waals surface area contributed by atoms with Crippen molar-refractivity contribution in [2.75, 3.05) is 13.1 Å². The van der Waals surface area contributed by atoms with Crippen LogP contribution in [0.4, 0.5) is 0 Å². The highest BCUT2D eigenvalue weighted by molar-refractivity contribution is 7.20. The van der Waals surface area contributed by atoms with Crippen LogP contribution in [-0.2, 0) is 11.8 Å². The molecule has 2 aromatic rings. The van der Waals surface area contributed by atoms with Gasteiger partial charge in [0.25, 0.3) is 11.5 Å². The van der Waals surface area contributed by atoms with Crippen LogP contribution in [-0.4, -0.2) is 34.5 Å². The number of nitrogens with one attached hydrogen (secondary N) is 2. The van der Waals surface area contributed by atoms with Gasteiger partial charge in [-0.1, -0.05) is 0 Å². The molecular formula is C13H16N4O3S. The maximum atomic E-state index is 12.1. The van der Waals surface area contributed by atoms with Gasteiger partial charge in [-0.2, -0.15) is 0 Å². The molecule has 0 aliphatic rings. The van der Waals surface area contributed by atoms with Crippen LogP contribution in [0.5, 0.6) is 0 Å². The smallest absolute Gasteiger partial charge is 0.262 e. The Morgan fingerprint density at radius 2 is 2.10 bits per heavy atom. The number of carbonyl (C=O) groups is 2. The topological polar surface area (TPSA) is 93.1 Å². The third kappa shape index (κ3) is 2.94. The molecule has 0 aliphatic heterocycles. The van der Waals surface area contributed by atoms with Crippen molar-refractivity contribution in [2.45, 2.75) is 13.8 Å². The van der Waals surface area contributed by atoms with E-state index in [1.54, 1.807) is 20.9 Å². The van der Waals surface area contributed by atoms with E-state index in [0.29, 0.717) is 27.2 Å². The molecule has 2 heterocycles. The Kier molecular flexibility index (Phi) is 4.37. The molecule has 0 bridgehead atoms. The molecule has 0 fully saturated rings. The molecular weight excluding hydrogens is 292 g/mol. The highest BCUT2D eigenvalue weighted by Crippen LogP contribution is 2.26. The molecule has 2 rings (SSSR count). The Morgan fingerprint density at radius 1 is 1.38 bits per heavy atom. The fourth-order valence-electron chi connectivity index (χ4n) is 1.93. The van der Waals surface area contributed by atoms with Crippen LogP contribution in [0.25, 0.3) is 10.2 Å². The van der Waals surface area contributed by atoms with Crippen molar-refractivity contribution in [1.29, 1.82) is 0 Å². The monoisotopic (exact) mass is 308 g/mol. The Hall–Kier alpha value is -2.22. The van der Waals surface area contributed by atoms with E-state index in [0.717, 1.165) is 11.3 Å². The molecule has 112 valence electrons. The molecule has 2 amide bonds. The summed E-state index contributed by atoms with van der Waals surface area (Å²) in [5, 5.41) is 5.59. The fraction of sp³-hybridized carbons (Fsp3) is 0.385. The lowest BCUT2D eigenvalue weighted by Gasteiger charge is -2.04. The van der Waals surface area contributed by atoms with Crippen LogP contribution in [0.1, 0.15) is 22.2 Å². The molecule has 2 N–H and O–H groups in total. The van der Waals surface area contributed by atoms with Crippen LogP contribution < -0.4 is 16.2 Å². The van der Waals surface area contributed by atoms with Gasteiger partial charge in [-0.25, -0.2) is 4.98 Å². The van der Waals surface area contributed by atoms with E-state index >= 15 is 0 Å². The van der Waals surface area contributed by atoms with E-state index in [1.165, 1.54) is 10.9 Å². The molecule has 0 aromatic carbocycles. The Morgan fingerprint density at radius 3 is 2.76 bits per heavy atom. The summed E-state index contributed by atoms with van der Waals surface area (Å²) in [6.45, 7) is 3.93. The van der Waals surface area contributed by atoms with Crippen molar-refractivity contribution in [2.24, 2.45) is 7.05 Å². The number of aromatic nitrogens is 2. The Bertz CT molecular complexity index is 763. The van der Waals surface area contributed by atoms with E-state index in [9.17, 15) is 14.4 Å². The number of fused-ring (bicyclic) bond motifs is 1. The first-order valence-electron chi connectivity index (χ1n) is 6.45. The van der Waals surface area contributed by atoms with Gasteiger partial charge in [0.05, 0.1) is 23.1 Å². The number of rotatable bonds is 4. The molecule has 0 spiro atoms. The summed E-state index contributed by atoms with van der Waals surface area (Å²) in [6, 6.07) is 0. The van der Waals surface area contributed by atoms with Gasteiger partial charge in [-0.05, 0) is 19.4 Å². The lowest BCUT2D eigenvalue weighted by molar-refractivity contribution is -0.120. The van der Waals surface area contributed by atoms with Gasteiger partial charge in [0.2, 0.25) is 5.91 Å². The molecule has 8 heteroatoms. The first-order valence-corrected chi connectivity index (χ1v) is 7.27. The minimum atomic E-state index is -0.371. The molecule has 0 radical (unpaired) electrons. The number of nitrogens with zero attached hydrogens (tertiary/aromatic N) is 2. The first-order chi connectivity index (χ1) is 9.95. The molecule has 2 aromatic heterocycles. The predicted molar refractivity (Wildman–Crippen MR) is 80.6 cm³/mol. The minimum absolute atomic E-state index is 0.0915. The Balaban J connectivity index is 2.29. The van der Waals surface area contributed by atoms with Gasteiger partial charge < -0.3 is 15.2 Å². The van der Waals surface area contributed by atoms with Crippen LogP contribution in [0.3, 0.4) is 0 Å². The van der Waals surface area contributed by atoms with E-state index in [1.807, 2.05) is 0 Å². The average molecular weight is 308 g/mol. The predicted octanol–water partition coefficient (Wildman–Crippen LogP) is 0.169. The zero-order valence-corrected chi connectivity index (χ0v) is 12.8. The van der Waals surface area contributed by atoms with Crippen LogP contribution >= 0.6 is 11.3 Å². The third-order valence-corrected chi connectivity index (χ3v) is 4.20. The van der Waals surface area contributed by atoms with Crippen molar-refractivity contribution < 1.29 is 9.59 Å². The van der Waals surface area contributed by atoms with Crippen molar-refractivity contribution >= 4 is 33.4 Å². The first kappa shape index (κ1) is 15.2. The number of thiophene rings is 1. The maximum absolute atomic E-state index is 12.1. The van der Waals surface area contributed by atoms with E-state index in [-0.39, 0.29) is 23.9 Å². The number of hydrogen-bond donors (Lipinski definition) is 2. The number of hydrogen-bond acceptors (Lipinski definition) is 5. The van der Waals surface area contributed by atoms with E-state index < -0.39 is 0 Å². The fourth-order valence-corrected chi connectivity index (χ4v) is 2.98. The molecule has 7 nitrogen and oxygen atoms in total. The van der Waals surface area contributed by atoms with Gasteiger partial charge in [0.1, 0.15) is 4.83 Å². The summed E-state index contributed by atoms with van der Waals surface area (Å²) in [5.41, 5.74) is 0.411. The molecule has 0 saturated carbocycles. The zero-order valence-electron chi connectivity index (χ0n) is 12.0. The summed E-state index contributed by atoms with van der Waals surface area (Å²) in [6.07, 6.45) is 1.43. The minimum Gasteiger partial charge on any atom is -0.355 e. The van der Waals surface area contributed by atoms with Crippen molar-refractivity contribution in [3.05, 3.63) is 27.1 Å². The van der Waals surface area contributed by atoms with Crippen LogP contribution in [0.15, 0.2) is 11.1 Å². The summed E-state index contributed by atoms with van der Waals surface area (Å²) in [5.74, 6) is -0.623. The van der Waals surface area contributed by atoms with Crippen molar-refractivity contribution in [3.8, 4) is 0 Å². The summed E-state index contributed by atoms with van der Waals surface area (Å²) in [4.78, 5) is 40.6. The summed E-state index contributed by atoms with van der Waals surface area (Å²) >= 11 is 1.15. The molecule has 0 saturated heterocycles. The second kappa shape index (κ2) is 6.04.